The molecular weight excluding hydrogens is 425 g/mol. The van der Waals surface area contributed by atoms with Crippen LogP contribution in [0, 0.1) is 6.92 Å². The van der Waals surface area contributed by atoms with Crippen LogP contribution >= 0.6 is 34.2 Å². The van der Waals surface area contributed by atoms with E-state index >= 15 is 0 Å². The molecule has 0 aliphatic carbocycles. The summed E-state index contributed by atoms with van der Waals surface area (Å²) in [7, 11) is 0. The molecule has 0 heterocycles. The van der Waals surface area contributed by atoms with E-state index in [0.29, 0.717) is 23.7 Å². The fraction of sp³-hybridized carbons (Fsp3) is 0.278. The van der Waals surface area contributed by atoms with Gasteiger partial charge in [0.1, 0.15) is 18.6 Å². The first-order chi connectivity index (χ1) is 11.1. The number of aldehydes is 1. The van der Waals surface area contributed by atoms with Gasteiger partial charge in [0.15, 0.2) is 0 Å². The Kier molecular flexibility index (Phi) is 6.87. The molecule has 5 heteroatoms. The lowest BCUT2D eigenvalue weighted by atomic mass is 9.97. The van der Waals surface area contributed by atoms with E-state index in [0.717, 1.165) is 39.6 Å². The van der Waals surface area contributed by atoms with Crippen molar-refractivity contribution in [3.63, 3.8) is 0 Å². The van der Waals surface area contributed by atoms with Crippen LogP contribution in [0.3, 0.4) is 0 Å². The second-order valence-electron chi connectivity index (χ2n) is 5.27. The number of hydrogen-bond acceptors (Lipinski definition) is 3. The van der Waals surface area contributed by atoms with Gasteiger partial charge < -0.3 is 10.5 Å². The summed E-state index contributed by atoms with van der Waals surface area (Å²) in [6.45, 7) is 2.92. The molecule has 2 aromatic carbocycles. The third-order valence-electron chi connectivity index (χ3n) is 3.67. The molecule has 3 nitrogen and oxygen atoms in total. The van der Waals surface area contributed by atoms with E-state index < -0.39 is 0 Å². The van der Waals surface area contributed by atoms with Gasteiger partial charge >= 0.3 is 0 Å². The van der Waals surface area contributed by atoms with Gasteiger partial charge in [-0.05, 0) is 30.0 Å². The van der Waals surface area contributed by atoms with Gasteiger partial charge in [0, 0.05) is 22.1 Å². The molecule has 2 aromatic rings. The molecule has 0 fully saturated rings. The summed E-state index contributed by atoms with van der Waals surface area (Å²) in [5, 5.41) is 0.659. The molecule has 0 aromatic heterocycles. The average Bonchev–Trinajstić information content (AvgIpc) is 2.58. The molecule has 0 unspecified atom stereocenters. The molecule has 2 rings (SSSR count). The van der Waals surface area contributed by atoms with Gasteiger partial charge in [-0.3, -0.25) is 4.79 Å². The molecule has 0 bridgehead atoms. The zero-order valence-electron chi connectivity index (χ0n) is 12.9. The van der Waals surface area contributed by atoms with Crippen LogP contribution in [0.25, 0.3) is 0 Å². The summed E-state index contributed by atoms with van der Waals surface area (Å²) >= 11 is 8.82. The van der Waals surface area contributed by atoms with Gasteiger partial charge in [0.05, 0.1) is 5.02 Å². The van der Waals surface area contributed by atoms with Gasteiger partial charge in [0.2, 0.25) is 0 Å². The number of hydrogen-bond donors (Lipinski definition) is 1. The number of ether oxygens (including phenoxy) is 1. The number of carbonyl (C=O) groups is 1. The first-order valence-electron chi connectivity index (χ1n) is 7.34. The highest BCUT2D eigenvalue weighted by atomic mass is 127. The number of nitrogens with two attached hydrogens (primary N) is 1. The van der Waals surface area contributed by atoms with Crippen LogP contribution in [0.15, 0.2) is 30.3 Å². The first kappa shape index (κ1) is 18.2. The molecule has 0 amide bonds. The smallest absolute Gasteiger partial charge is 0.150 e. The lowest BCUT2D eigenvalue weighted by Gasteiger charge is -2.17. The highest BCUT2D eigenvalue weighted by molar-refractivity contribution is 14.1. The van der Waals surface area contributed by atoms with Crippen molar-refractivity contribution in [2.45, 2.75) is 17.8 Å². The second kappa shape index (κ2) is 8.66. The topological polar surface area (TPSA) is 52.3 Å². The maximum Gasteiger partial charge on any atom is 0.150 e. The SMILES string of the molecule is Cc1c(Cc2ccc(C=O)cc2)cc(CI)c(OCCN)c1Cl. The van der Waals surface area contributed by atoms with Gasteiger partial charge in [-0.15, -0.1) is 0 Å². The van der Waals surface area contributed by atoms with Crippen LogP contribution in [0.4, 0.5) is 0 Å². The molecule has 0 saturated heterocycles. The average molecular weight is 444 g/mol. The second-order valence-corrected chi connectivity index (χ2v) is 6.41. The number of halogens is 2. The molecule has 0 aliphatic rings. The highest BCUT2D eigenvalue weighted by Gasteiger charge is 2.15. The van der Waals surface area contributed by atoms with Gasteiger partial charge in [-0.2, -0.15) is 0 Å². The number of rotatable bonds is 7. The van der Waals surface area contributed by atoms with E-state index in [2.05, 4.69) is 28.7 Å². The van der Waals surface area contributed by atoms with Crippen molar-refractivity contribution < 1.29 is 9.53 Å². The number of alkyl halides is 1. The zero-order chi connectivity index (χ0) is 16.8. The van der Waals surface area contributed by atoms with Crippen molar-refractivity contribution in [1.82, 2.24) is 0 Å². The molecule has 122 valence electrons. The van der Waals surface area contributed by atoms with E-state index in [-0.39, 0.29) is 0 Å². The predicted molar refractivity (Wildman–Crippen MR) is 103 cm³/mol. The quantitative estimate of drug-likeness (QED) is 0.394. The Balaban J connectivity index is 2.34. The molecular formula is C18H19ClINO2. The molecule has 2 N–H and O–H groups in total. The maximum absolute atomic E-state index is 10.7. The van der Waals surface area contributed by atoms with Crippen LogP contribution in [-0.4, -0.2) is 19.4 Å². The van der Waals surface area contributed by atoms with Gasteiger partial charge in [0.25, 0.3) is 0 Å². The molecule has 0 radical (unpaired) electrons. The Morgan fingerprint density at radius 2 is 1.96 bits per heavy atom. The summed E-state index contributed by atoms with van der Waals surface area (Å²) in [6.07, 6.45) is 1.62. The van der Waals surface area contributed by atoms with Gasteiger partial charge in [-0.1, -0.05) is 64.5 Å². The normalized spacial score (nSPS) is 10.6. The Labute approximate surface area is 155 Å². The van der Waals surface area contributed by atoms with Crippen molar-refractivity contribution >= 4 is 40.5 Å². The minimum Gasteiger partial charge on any atom is -0.490 e. The van der Waals surface area contributed by atoms with E-state index in [1.54, 1.807) is 0 Å². The maximum atomic E-state index is 10.7. The zero-order valence-corrected chi connectivity index (χ0v) is 15.9. The van der Waals surface area contributed by atoms with Crippen molar-refractivity contribution in [1.29, 1.82) is 0 Å². The van der Waals surface area contributed by atoms with Gasteiger partial charge in [-0.25, -0.2) is 0 Å². The fourth-order valence-corrected chi connectivity index (χ4v) is 3.23. The lowest BCUT2D eigenvalue weighted by Crippen LogP contribution is -2.12. The molecule has 0 spiro atoms. The van der Waals surface area contributed by atoms with E-state index in [4.69, 9.17) is 22.1 Å². The van der Waals surface area contributed by atoms with Crippen LogP contribution in [-0.2, 0) is 10.8 Å². The third kappa shape index (κ3) is 4.46. The minimum absolute atomic E-state index is 0.454. The Hall–Kier alpha value is -1.11. The third-order valence-corrected chi connectivity index (χ3v) is 4.95. The number of carbonyl (C=O) groups excluding carboxylic acids is 1. The summed E-state index contributed by atoms with van der Waals surface area (Å²) < 4.78 is 6.54. The van der Waals surface area contributed by atoms with E-state index in [1.165, 1.54) is 5.56 Å². The van der Waals surface area contributed by atoms with Crippen LogP contribution < -0.4 is 10.5 Å². The standard InChI is InChI=1S/C18H19ClINO2/c1-12-15(8-13-2-4-14(11-22)5-3-13)9-16(10-20)18(17(12)19)23-7-6-21/h2-5,9,11H,6-8,10,21H2,1H3. The predicted octanol–water partition coefficient (Wildman–Crippen LogP) is 4.32. The summed E-state index contributed by atoms with van der Waals surface area (Å²) in [5.74, 6) is 0.740. The fourth-order valence-electron chi connectivity index (χ4n) is 2.37. The van der Waals surface area contributed by atoms with Crippen molar-refractivity contribution in [3.05, 3.63) is 63.2 Å². The van der Waals surface area contributed by atoms with E-state index in [9.17, 15) is 4.79 Å². The monoisotopic (exact) mass is 443 g/mol. The molecule has 0 atom stereocenters. The highest BCUT2D eigenvalue weighted by Crippen LogP contribution is 2.36. The van der Waals surface area contributed by atoms with Crippen molar-refractivity contribution in [2.75, 3.05) is 13.2 Å². The summed E-state index contributed by atoms with van der Waals surface area (Å²) in [4.78, 5) is 10.7. The van der Waals surface area contributed by atoms with Crippen LogP contribution in [0.5, 0.6) is 5.75 Å². The Morgan fingerprint density at radius 3 is 2.52 bits per heavy atom. The first-order valence-corrected chi connectivity index (χ1v) is 9.24. The molecule has 23 heavy (non-hydrogen) atoms. The Morgan fingerprint density at radius 1 is 1.26 bits per heavy atom. The minimum atomic E-state index is 0.454. The number of benzene rings is 2. The molecule has 0 saturated carbocycles. The van der Waals surface area contributed by atoms with Crippen molar-refractivity contribution in [2.24, 2.45) is 5.73 Å². The Bertz CT molecular complexity index is 686. The largest absolute Gasteiger partial charge is 0.490 e. The molecule has 0 aliphatic heterocycles. The summed E-state index contributed by atoms with van der Waals surface area (Å²) in [5.41, 5.74) is 10.6. The van der Waals surface area contributed by atoms with Crippen LogP contribution in [0.1, 0.15) is 32.6 Å². The van der Waals surface area contributed by atoms with Crippen molar-refractivity contribution in [3.8, 4) is 5.75 Å². The lowest BCUT2D eigenvalue weighted by molar-refractivity contribution is 0.112. The van der Waals surface area contributed by atoms with Crippen LogP contribution in [0.2, 0.25) is 5.02 Å². The summed E-state index contributed by atoms with van der Waals surface area (Å²) in [6, 6.07) is 9.75. The van der Waals surface area contributed by atoms with E-state index in [1.807, 2.05) is 31.2 Å².